The molecule has 0 amide bonds. The van der Waals surface area contributed by atoms with Gasteiger partial charge in [-0.2, -0.15) is 0 Å². The second-order valence-corrected chi connectivity index (χ2v) is 10.9. The molecule has 0 saturated carbocycles. The third kappa shape index (κ3) is 3.42. The van der Waals surface area contributed by atoms with Crippen molar-refractivity contribution >= 4 is 64.6 Å². The summed E-state index contributed by atoms with van der Waals surface area (Å²) in [5.41, 5.74) is 3.01. The average Bonchev–Trinajstić information content (AvgIpc) is 3.11. The maximum atomic E-state index is 8.97. The lowest BCUT2D eigenvalue weighted by Gasteiger charge is -2.20. The van der Waals surface area contributed by atoms with Crippen LogP contribution in [0.3, 0.4) is 0 Å². The molecule has 0 aliphatic carbocycles. The van der Waals surface area contributed by atoms with Gasteiger partial charge in [0, 0.05) is 0 Å². The highest BCUT2D eigenvalue weighted by molar-refractivity contribution is 6.26. The van der Waals surface area contributed by atoms with Gasteiger partial charge in [0.25, 0.3) is 0 Å². The Morgan fingerprint density at radius 1 is 0.333 bits per heavy atom. The first kappa shape index (κ1) is 18.8. The van der Waals surface area contributed by atoms with E-state index in [1.54, 1.807) is 0 Å². The summed E-state index contributed by atoms with van der Waals surface area (Å²) in [5, 5.41) is 12.8. The summed E-state index contributed by atoms with van der Waals surface area (Å²) in [4.78, 5) is 0. The molecular formula is C42H26. The summed E-state index contributed by atoms with van der Waals surface area (Å²) in [6, 6.07) is 43.0. The molecule has 42 heavy (non-hydrogen) atoms. The maximum Gasteiger partial charge on any atom is 0.0629 e. The van der Waals surface area contributed by atoms with Crippen LogP contribution in [0.25, 0.3) is 86.9 Å². The summed E-state index contributed by atoms with van der Waals surface area (Å²) < 4.78 is 43.2. The Labute approximate surface area is 251 Å². The van der Waals surface area contributed by atoms with Gasteiger partial charge in [0.2, 0.25) is 0 Å². The standard InChI is InChI=1S/C42H26/c1-2-11-27(12-3-1)41-36-17-8-9-18-37(36)42(40-26-31-16-7-6-15-30(31)25-39(40)41)35-20-10-19-33-34(35)22-21-32-23-28-13-4-5-14-29(28)24-38(32)33/h1-26H/i1D,2D,3D,11D,12D. The van der Waals surface area contributed by atoms with Crippen molar-refractivity contribution in [2.45, 2.75) is 0 Å². The van der Waals surface area contributed by atoms with E-state index in [0.29, 0.717) is 5.56 Å². The fourth-order valence-electron chi connectivity index (χ4n) is 6.80. The Balaban J connectivity index is 1.48. The number of fused-ring (bicyclic) bond motifs is 7. The van der Waals surface area contributed by atoms with Gasteiger partial charge < -0.3 is 0 Å². The van der Waals surface area contributed by atoms with Gasteiger partial charge >= 0.3 is 0 Å². The molecule has 9 rings (SSSR count). The fraction of sp³-hybridized carbons (Fsp3) is 0. The van der Waals surface area contributed by atoms with Crippen LogP contribution in [-0.2, 0) is 0 Å². The van der Waals surface area contributed by atoms with E-state index in [0.717, 1.165) is 48.8 Å². The first-order valence-corrected chi connectivity index (χ1v) is 14.2. The highest BCUT2D eigenvalue weighted by Gasteiger charge is 2.19. The molecule has 0 radical (unpaired) electrons. The lowest BCUT2D eigenvalue weighted by Crippen LogP contribution is -1.92. The fourth-order valence-corrected chi connectivity index (χ4v) is 6.80. The SMILES string of the molecule is [2H]c1c([2H])c([2H])c(-c2c3ccccc3c(-c3cccc4c3ccc3cc5ccccc5cc34)c3cc4ccccc4cc23)c([2H])c1[2H]. The van der Waals surface area contributed by atoms with Crippen LogP contribution >= 0.6 is 0 Å². The highest BCUT2D eigenvalue weighted by atomic mass is 14.2. The van der Waals surface area contributed by atoms with E-state index < -0.39 is 6.04 Å². The van der Waals surface area contributed by atoms with Crippen LogP contribution in [0.4, 0.5) is 0 Å². The monoisotopic (exact) mass is 535 g/mol. The zero-order valence-corrected chi connectivity index (χ0v) is 22.6. The highest BCUT2D eigenvalue weighted by Crippen LogP contribution is 2.47. The molecule has 0 spiro atoms. The molecule has 0 heterocycles. The molecule has 0 aliphatic rings. The molecule has 0 unspecified atom stereocenters. The van der Waals surface area contributed by atoms with E-state index in [2.05, 4.69) is 97.1 Å². The average molecular weight is 536 g/mol. The predicted molar refractivity (Wildman–Crippen MR) is 182 cm³/mol. The second kappa shape index (κ2) is 9.03. The first-order chi connectivity index (χ1) is 22.9. The van der Waals surface area contributed by atoms with Crippen molar-refractivity contribution in [3.8, 4) is 22.3 Å². The molecule has 9 aromatic rings. The van der Waals surface area contributed by atoms with Gasteiger partial charge in [-0.05, 0) is 111 Å². The minimum atomic E-state index is -0.393. The molecule has 0 nitrogen and oxygen atoms in total. The molecular weight excluding hydrogens is 504 g/mol. The number of hydrogen-bond donors (Lipinski definition) is 0. The van der Waals surface area contributed by atoms with E-state index in [4.69, 9.17) is 6.85 Å². The van der Waals surface area contributed by atoms with Crippen molar-refractivity contribution in [1.29, 1.82) is 0 Å². The van der Waals surface area contributed by atoms with E-state index in [1.165, 1.54) is 26.9 Å². The number of hydrogen-bond acceptors (Lipinski definition) is 0. The molecule has 0 saturated heterocycles. The Morgan fingerprint density at radius 2 is 0.881 bits per heavy atom. The topological polar surface area (TPSA) is 0 Å². The van der Waals surface area contributed by atoms with Gasteiger partial charge in [-0.1, -0.05) is 133 Å². The Morgan fingerprint density at radius 3 is 1.57 bits per heavy atom. The third-order valence-corrected chi connectivity index (χ3v) is 8.65. The lowest BCUT2D eigenvalue weighted by atomic mass is 9.83. The molecule has 194 valence electrons. The van der Waals surface area contributed by atoms with Gasteiger partial charge in [0.1, 0.15) is 0 Å². The van der Waals surface area contributed by atoms with Crippen LogP contribution in [-0.4, -0.2) is 0 Å². The summed E-state index contributed by atoms with van der Waals surface area (Å²) >= 11 is 0. The van der Waals surface area contributed by atoms with Gasteiger partial charge in [-0.25, -0.2) is 0 Å². The first-order valence-electron chi connectivity index (χ1n) is 16.7. The van der Waals surface area contributed by atoms with Crippen LogP contribution in [0.1, 0.15) is 6.85 Å². The Hall–Kier alpha value is -5.46. The van der Waals surface area contributed by atoms with E-state index in [-0.39, 0.29) is 29.7 Å². The van der Waals surface area contributed by atoms with Crippen molar-refractivity contribution in [2.24, 2.45) is 0 Å². The molecule has 0 heteroatoms. The lowest BCUT2D eigenvalue weighted by molar-refractivity contribution is 1.67. The molecule has 0 fully saturated rings. The van der Waals surface area contributed by atoms with Gasteiger partial charge in [0.05, 0.1) is 6.85 Å². The summed E-state index contributed by atoms with van der Waals surface area (Å²) in [5.74, 6) is 0. The number of benzene rings is 9. The molecule has 0 N–H and O–H groups in total. The van der Waals surface area contributed by atoms with Crippen molar-refractivity contribution in [3.63, 3.8) is 0 Å². The van der Waals surface area contributed by atoms with Crippen molar-refractivity contribution in [2.75, 3.05) is 0 Å². The minimum Gasteiger partial charge on any atom is -0.0622 e. The van der Waals surface area contributed by atoms with E-state index >= 15 is 0 Å². The van der Waals surface area contributed by atoms with Crippen molar-refractivity contribution in [1.82, 2.24) is 0 Å². The van der Waals surface area contributed by atoms with Gasteiger partial charge in [-0.15, -0.1) is 0 Å². The van der Waals surface area contributed by atoms with E-state index in [9.17, 15) is 0 Å². The summed E-state index contributed by atoms with van der Waals surface area (Å²) in [6.07, 6.45) is 0. The maximum absolute atomic E-state index is 8.97. The van der Waals surface area contributed by atoms with Crippen LogP contribution < -0.4 is 0 Å². The molecule has 0 bridgehead atoms. The van der Waals surface area contributed by atoms with Crippen LogP contribution in [0.2, 0.25) is 0 Å². The zero-order valence-electron chi connectivity index (χ0n) is 27.6. The second-order valence-electron chi connectivity index (χ2n) is 10.9. The predicted octanol–water partition coefficient (Wildman–Crippen LogP) is 11.9. The molecule has 0 aliphatic heterocycles. The largest absolute Gasteiger partial charge is 0.0629 e. The third-order valence-electron chi connectivity index (χ3n) is 8.65. The quantitative estimate of drug-likeness (QED) is 0.152. The van der Waals surface area contributed by atoms with Gasteiger partial charge in [-0.3, -0.25) is 0 Å². The normalized spacial score (nSPS) is 13.5. The molecule has 9 aromatic carbocycles. The summed E-state index contributed by atoms with van der Waals surface area (Å²) in [6.45, 7) is 0. The zero-order chi connectivity index (χ0) is 32.0. The summed E-state index contributed by atoms with van der Waals surface area (Å²) in [7, 11) is 0. The Kier molecular flexibility index (Phi) is 4.04. The van der Waals surface area contributed by atoms with Crippen molar-refractivity contribution < 1.29 is 6.85 Å². The van der Waals surface area contributed by atoms with Crippen molar-refractivity contribution in [3.05, 3.63) is 158 Å². The van der Waals surface area contributed by atoms with Crippen LogP contribution in [0.15, 0.2) is 158 Å². The molecule has 0 aromatic heterocycles. The van der Waals surface area contributed by atoms with E-state index in [1.807, 2.05) is 30.3 Å². The van der Waals surface area contributed by atoms with Crippen LogP contribution in [0.5, 0.6) is 0 Å². The minimum absolute atomic E-state index is 0.202. The van der Waals surface area contributed by atoms with Gasteiger partial charge in [0.15, 0.2) is 0 Å². The smallest absolute Gasteiger partial charge is 0.0622 e. The number of rotatable bonds is 2. The van der Waals surface area contributed by atoms with Crippen LogP contribution in [0, 0.1) is 0 Å². The Bertz CT molecular complexity index is 2770. The molecule has 0 atom stereocenters.